The Morgan fingerprint density at radius 3 is 2.45 bits per heavy atom. The maximum Gasteiger partial charge on any atom is 0.305 e. The Hall–Kier alpha value is -2.93. The molecule has 12 heteroatoms. The number of thioether (sulfide) groups is 1. The predicted molar refractivity (Wildman–Crippen MR) is 123 cm³/mol. The van der Waals surface area contributed by atoms with Gasteiger partial charge in [-0.1, -0.05) is 29.5 Å². The highest BCUT2D eigenvalue weighted by Gasteiger charge is 2.60. The molecule has 2 aromatic carbocycles. The first-order valence-electron chi connectivity index (χ1n) is 9.76. The van der Waals surface area contributed by atoms with Gasteiger partial charge < -0.3 is 10.1 Å². The van der Waals surface area contributed by atoms with Crippen LogP contribution in [0.15, 0.2) is 63.2 Å². The molecule has 4 N–H and O–H groups in total. The summed E-state index contributed by atoms with van der Waals surface area (Å²) in [4.78, 5) is 43.2. The van der Waals surface area contributed by atoms with Crippen LogP contribution in [0.2, 0.25) is 0 Å². The fourth-order valence-electron chi connectivity index (χ4n) is 4.47. The van der Waals surface area contributed by atoms with Crippen molar-refractivity contribution in [2.24, 2.45) is 10.6 Å². The molecule has 5 rings (SSSR count). The normalized spacial score (nSPS) is 22.7. The van der Waals surface area contributed by atoms with E-state index in [0.717, 1.165) is 16.2 Å². The number of imide groups is 1. The van der Waals surface area contributed by atoms with Gasteiger partial charge in [-0.05, 0) is 30.3 Å². The van der Waals surface area contributed by atoms with E-state index in [4.69, 9.17) is 5.14 Å². The Morgan fingerprint density at radius 2 is 1.79 bits per heavy atom. The first kappa shape index (κ1) is 21.9. The molecule has 0 aliphatic carbocycles. The molecule has 0 saturated carbocycles. The van der Waals surface area contributed by atoms with Crippen LogP contribution in [0.4, 0.5) is 5.69 Å². The third-order valence-electron chi connectivity index (χ3n) is 5.95. The van der Waals surface area contributed by atoms with Gasteiger partial charge in [0.2, 0.25) is 21.8 Å². The van der Waals surface area contributed by atoms with E-state index in [-0.39, 0.29) is 33.4 Å². The molecule has 1 aromatic heterocycles. The standard InChI is InChI=1S/C21H17N3O6S3/c22-33(29,30)12-7-5-11(6-8-12)24-15(26)9-21(19(24)27)10-31-18-17(32-20(28)23-18)16(21)13-3-1-2-4-14(13)25/h1-8,16,25H,9-10H2,(H,23,28)(H2,22,29,30). The molecular weight excluding hydrogens is 486 g/mol. The van der Waals surface area contributed by atoms with Crippen molar-refractivity contribution in [2.45, 2.75) is 22.3 Å². The number of carbonyl (C=O) groups excluding carboxylic acids is 2. The van der Waals surface area contributed by atoms with E-state index in [9.17, 15) is 27.9 Å². The number of aromatic hydroxyl groups is 1. The van der Waals surface area contributed by atoms with Gasteiger partial charge in [0.1, 0.15) is 5.75 Å². The topological polar surface area (TPSA) is 151 Å². The zero-order valence-corrected chi connectivity index (χ0v) is 19.3. The molecule has 1 saturated heterocycles. The van der Waals surface area contributed by atoms with Crippen molar-refractivity contribution in [3.63, 3.8) is 0 Å². The molecule has 33 heavy (non-hydrogen) atoms. The summed E-state index contributed by atoms with van der Waals surface area (Å²) in [6, 6.07) is 11.8. The Morgan fingerprint density at radius 1 is 1.09 bits per heavy atom. The SMILES string of the molecule is NS(=O)(=O)c1ccc(N2C(=O)CC3(CSc4[nH]c(=O)sc4C3c3ccccc3O)C2=O)cc1. The number of nitrogens with one attached hydrogen (secondary N) is 1. The Bertz CT molecular complexity index is 1460. The third kappa shape index (κ3) is 3.41. The molecular formula is C21H17N3O6S3. The van der Waals surface area contributed by atoms with E-state index >= 15 is 0 Å². The minimum absolute atomic E-state index is 0.0308. The monoisotopic (exact) mass is 503 g/mol. The number of aromatic nitrogens is 1. The molecule has 2 aliphatic heterocycles. The Labute approximate surface area is 196 Å². The van der Waals surface area contributed by atoms with Crippen LogP contribution in [-0.4, -0.2) is 36.1 Å². The second-order valence-electron chi connectivity index (χ2n) is 7.89. The molecule has 2 atom stereocenters. The van der Waals surface area contributed by atoms with Crippen molar-refractivity contribution >= 4 is 50.6 Å². The van der Waals surface area contributed by atoms with Crippen LogP contribution in [0.3, 0.4) is 0 Å². The van der Waals surface area contributed by atoms with Gasteiger partial charge in [0.05, 0.1) is 21.0 Å². The smallest absolute Gasteiger partial charge is 0.305 e. The van der Waals surface area contributed by atoms with E-state index in [2.05, 4.69) is 4.98 Å². The van der Waals surface area contributed by atoms with Crippen molar-refractivity contribution < 1.29 is 23.1 Å². The summed E-state index contributed by atoms with van der Waals surface area (Å²) in [6.45, 7) is 0. The molecule has 2 aliphatic rings. The second-order valence-corrected chi connectivity index (χ2v) is 11.5. The largest absolute Gasteiger partial charge is 0.508 e. The minimum Gasteiger partial charge on any atom is -0.508 e. The maximum absolute atomic E-state index is 13.9. The van der Waals surface area contributed by atoms with Crippen molar-refractivity contribution in [3.05, 3.63) is 68.6 Å². The molecule has 3 heterocycles. The summed E-state index contributed by atoms with van der Waals surface area (Å²) in [5.74, 6) is -1.43. The summed E-state index contributed by atoms with van der Waals surface area (Å²) in [7, 11) is -3.93. The number of hydrogen-bond donors (Lipinski definition) is 3. The van der Waals surface area contributed by atoms with Crippen LogP contribution in [-0.2, 0) is 19.6 Å². The summed E-state index contributed by atoms with van der Waals surface area (Å²) in [5, 5.41) is 16.4. The van der Waals surface area contributed by atoms with Gasteiger partial charge >= 0.3 is 4.87 Å². The van der Waals surface area contributed by atoms with E-state index in [1.807, 2.05) is 0 Å². The first-order valence-corrected chi connectivity index (χ1v) is 13.1. The number of para-hydroxylation sites is 1. The number of thiazole rings is 1. The summed E-state index contributed by atoms with van der Waals surface area (Å²) in [6.07, 6.45) is -0.125. The minimum atomic E-state index is -3.93. The van der Waals surface area contributed by atoms with Gasteiger partial charge in [-0.25, -0.2) is 18.5 Å². The van der Waals surface area contributed by atoms with Crippen LogP contribution < -0.4 is 14.9 Å². The maximum atomic E-state index is 13.9. The predicted octanol–water partition coefficient (Wildman–Crippen LogP) is 1.98. The van der Waals surface area contributed by atoms with Gasteiger partial charge in [0, 0.05) is 28.5 Å². The van der Waals surface area contributed by atoms with Crippen LogP contribution >= 0.6 is 23.1 Å². The van der Waals surface area contributed by atoms with Crippen LogP contribution in [0, 0.1) is 5.41 Å². The molecule has 0 bridgehead atoms. The molecule has 3 aromatic rings. The molecule has 2 amide bonds. The number of phenols is 1. The molecule has 2 unspecified atom stereocenters. The molecule has 1 fully saturated rings. The van der Waals surface area contributed by atoms with E-state index in [0.29, 0.717) is 15.5 Å². The lowest BCUT2D eigenvalue weighted by molar-refractivity contribution is -0.125. The van der Waals surface area contributed by atoms with Crippen molar-refractivity contribution in [1.29, 1.82) is 0 Å². The van der Waals surface area contributed by atoms with Gasteiger partial charge in [-0.15, -0.1) is 11.8 Å². The fraction of sp³-hybridized carbons (Fsp3) is 0.190. The quantitative estimate of drug-likeness (QED) is 0.462. The highest BCUT2D eigenvalue weighted by Crippen LogP contribution is 2.58. The van der Waals surface area contributed by atoms with Gasteiger partial charge in [0.25, 0.3) is 0 Å². The fourth-order valence-corrected chi connectivity index (χ4v) is 7.54. The number of carbonyl (C=O) groups is 2. The number of rotatable bonds is 3. The molecule has 170 valence electrons. The van der Waals surface area contributed by atoms with Gasteiger partial charge in [-0.2, -0.15) is 0 Å². The van der Waals surface area contributed by atoms with Crippen molar-refractivity contribution in [3.8, 4) is 5.75 Å². The van der Waals surface area contributed by atoms with E-state index in [1.165, 1.54) is 42.1 Å². The number of primary sulfonamides is 1. The van der Waals surface area contributed by atoms with E-state index in [1.54, 1.807) is 18.2 Å². The van der Waals surface area contributed by atoms with Crippen molar-refractivity contribution in [1.82, 2.24) is 4.98 Å². The summed E-state index contributed by atoms with van der Waals surface area (Å²) < 4.78 is 23.1. The average molecular weight is 504 g/mol. The number of sulfonamides is 1. The highest BCUT2D eigenvalue weighted by atomic mass is 32.2. The zero-order valence-electron chi connectivity index (χ0n) is 16.8. The number of anilines is 1. The number of phenolic OH excluding ortho intramolecular Hbond substituents is 1. The Kier molecular flexibility index (Phi) is 5.01. The summed E-state index contributed by atoms with van der Waals surface area (Å²) >= 11 is 2.26. The Balaban J connectivity index is 1.64. The van der Waals surface area contributed by atoms with Crippen LogP contribution in [0.1, 0.15) is 22.8 Å². The number of benzene rings is 2. The van der Waals surface area contributed by atoms with Crippen LogP contribution in [0.5, 0.6) is 5.75 Å². The molecule has 1 spiro atoms. The lowest BCUT2D eigenvalue weighted by Gasteiger charge is -2.38. The van der Waals surface area contributed by atoms with Crippen LogP contribution in [0.25, 0.3) is 0 Å². The first-order chi connectivity index (χ1) is 15.6. The zero-order chi connectivity index (χ0) is 23.5. The number of nitrogens with zero attached hydrogens (tertiary/aromatic N) is 1. The third-order valence-corrected chi connectivity index (χ3v) is 9.22. The number of H-pyrrole nitrogens is 1. The highest BCUT2D eigenvalue weighted by molar-refractivity contribution is 7.99. The average Bonchev–Trinajstić information content (AvgIpc) is 3.25. The molecule has 0 radical (unpaired) electrons. The van der Waals surface area contributed by atoms with E-state index < -0.39 is 33.2 Å². The van der Waals surface area contributed by atoms with Crippen molar-refractivity contribution in [2.75, 3.05) is 10.7 Å². The number of aromatic amines is 1. The molecule has 9 nitrogen and oxygen atoms in total. The lowest BCUT2D eigenvalue weighted by atomic mass is 9.70. The number of amides is 2. The number of hydrogen-bond acceptors (Lipinski definition) is 8. The van der Waals surface area contributed by atoms with Gasteiger partial charge in [-0.3, -0.25) is 14.4 Å². The van der Waals surface area contributed by atoms with Gasteiger partial charge in [0.15, 0.2) is 0 Å². The number of nitrogens with two attached hydrogens (primary N) is 1. The lowest BCUT2D eigenvalue weighted by Crippen LogP contribution is -2.43. The summed E-state index contributed by atoms with van der Waals surface area (Å²) in [5.41, 5.74) is -0.539. The number of fused-ring (bicyclic) bond motifs is 1. The second kappa shape index (κ2) is 7.55.